The van der Waals surface area contributed by atoms with Crippen molar-refractivity contribution in [2.24, 2.45) is 11.5 Å². The number of aliphatic hydroxyl groups excluding tert-OH is 4. The van der Waals surface area contributed by atoms with Crippen molar-refractivity contribution >= 4 is 51.2 Å². The SMILES string of the molecule is CCCCCCCCCCCCCCCC(=O)O[C@H](CCCCCCCCCCC)CC(=O)N[C@@H]1[C@@H](NC(=O)C[C@@H](CCCCCCCCCCC)OC(=O)CCCCCCCCCCCCCCC)[C@H](OC[C@H]2O[C@H](OP(=O)(O)OCN)[C@H](NC(=O)C[C@H](O)CCCCCCCCCCC)[C@@H](NC(=O)C[C@H](O)CCCCCCCCCCC)[C@@H]2O)O[C@H](CO)[C@H]1OP(=O)(O)OCN. The summed E-state index contributed by atoms with van der Waals surface area (Å²) in [5.41, 5.74) is 11.4. The van der Waals surface area contributed by atoms with Gasteiger partial charge in [-0.05, 0) is 51.4 Å². The number of aliphatic hydroxyl groups is 4. The number of phosphoric ester groups is 2. The van der Waals surface area contributed by atoms with Crippen molar-refractivity contribution in [3.63, 3.8) is 0 Å². The minimum atomic E-state index is -5.30. The Morgan fingerprint density at radius 2 is 0.586 bits per heavy atom. The van der Waals surface area contributed by atoms with Crippen molar-refractivity contribution in [2.75, 3.05) is 26.7 Å². The molecular formula is C102H198N6O23P2. The number of carbonyl (C=O) groups is 6. The lowest BCUT2D eigenvalue weighted by Crippen LogP contribution is -2.71. The topological polar surface area (TPSA) is 441 Å². The highest BCUT2D eigenvalue weighted by molar-refractivity contribution is 7.47. The summed E-state index contributed by atoms with van der Waals surface area (Å²) in [4.78, 5) is 110. The van der Waals surface area contributed by atoms with Crippen molar-refractivity contribution < 1.29 is 110 Å². The average Bonchev–Trinajstić information content (AvgIpc) is 0.773. The summed E-state index contributed by atoms with van der Waals surface area (Å²) >= 11 is 0. The Balaban J connectivity index is 2.91. The quantitative estimate of drug-likeness (QED) is 0.0116. The van der Waals surface area contributed by atoms with E-state index in [1.54, 1.807) is 0 Å². The van der Waals surface area contributed by atoms with Crippen LogP contribution in [0.25, 0.3) is 0 Å². The molecule has 2 rings (SSSR count). The second-order valence-electron chi connectivity index (χ2n) is 38.5. The van der Waals surface area contributed by atoms with Gasteiger partial charge in [-0.25, -0.2) is 9.13 Å². The van der Waals surface area contributed by atoms with Gasteiger partial charge >= 0.3 is 27.6 Å². The van der Waals surface area contributed by atoms with Gasteiger partial charge in [-0.1, -0.05) is 414 Å². The van der Waals surface area contributed by atoms with Crippen molar-refractivity contribution in [3.8, 4) is 0 Å². The molecule has 14 N–H and O–H groups in total. The molecule has 0 aromatic heterocycles. The van der Waals surface area contributed by atoms with E-state index in [0.29, 0.717) is 38.5 Å². The standard InChI is InChI=1S/C102H198N6O23P2/c1-7-13-19-25-31-37-39-41-43-49-55-61-67-73-93(116)126-85(71-65-59-53-47-35-29-23-17-11-5)77-91(114)106-96-98(108-92(115)78-86(72-66-60-54-48-36-30-24-18-12-6)127-94(117)74-68-62-56-50-44-42-40-38-32-26-20-14-8-2)101(128-87(79-109)100(96)130-132(119,120)124-81-103)123-80-88-99(118)95(105-89(112)75-83(110)69-63-57-51-45-33-27-21-15-9-3)97(102(129-88)131-133(121,122)125-82-104)107-90(113)76-84(111)70-64-58-52-46-34-28-22-16-10-4/h83-88,95-102,109-111,118H,7-82,103-104H2,1-6H3,(H,105,112)(H,106,114)(H,107,113)(H,108,115)(H,119,120)(H,121,122)/t83-,84-,85-,86-,87-,88-,95-,96-,97-,98-,99-,100-,101-,102-/m1/s1. The lowest BCUT2D eigenvalue weighted by molar-refractivity contribution is -0.276. The van der Waals surface area contributed by atoms with Crippen LogP contribution in [0.2, 0.25) is 0 Å². The number of phosphoric acid groups is 2. The normalized spacial score (nSPS) is 20.5. The maximum Gasteiger partial charge on any atom is 0.475 e. The molecule has 2 heterocycles. The zero-order valence-electron chi connectivity index (χ0n) is 84.5. The van der Waals surface area contributed by atoms with Crippen molar-refractivity contribution in [2.45, 2.75) is 589 Å². The fourth-order valence-corrected chi connectivity index (χ4v) is 19.7. The number of hydrogen-bond acceptors (Lipinski definition) is 23. The fourth-order valence-electron chi connectivity index (χ4n) is 18.2. The Bertz CT molecular complexity index is 2920. The number of nitrogens with two attached hydrogens (primary N) is 2. The minimum Gasteiger partial charge on any atom is -0.462 e. The van der Waals surface area contributed by atoms with E-state index in [1.807, 2.05) is 0 Å². The van der Waals surface area contributed by atoms with Gasteiger partial charge in [-0.3, -0.25) is 46.9 Å². The van der Waals surface area contributed by atoms with E-state index in [9.17, 15) is 58.5 Å². The van der Waals surface area contributed by atoms with Crippen LogP contribution < -0.4 is 32.7 Å². The van der Waals surface area contributed by atoms with Crippen molar-refractivity contribution in [1.29, 1.82) is 0 Å². The highest BCUT2D eigenvalue weighted by Crippen LogP contribution is 2.48. The van der Waals surface area contributed by atoms with E-state index < -0.39 is 189 Å². The summed E-state index contributed by atoms with van der Waals surface area (Å²) in [5.74, 6) is -4.24. The minimum absolute atomic E-state index is 0.106. The van der Waals surface area contributed by atoms with E-state index in [2.05, 4.69) is 62.8 Å². The van der Waals surface area contributed by atoms with Crippen molar-refractivity contribution in [3.05, 3.63) is 0 Å². The Labute approximate surface area is 805 Å². The van der Waals surface area contributed by atoms with Gasteiger partial charge in [0.05, 0.1) is 63.2 Å². The monoisotopic (exact) mass is 1940 g/mol. The molecule has 0 bridgehead atoms. The number of unbranched alkanes of at least 4 members (excludes halogenated alkanes) is 56. The van der Waals surface area contributed by atoms with Gasteiger partial charge in [0.15, 0.2) is 12.6 Å². The smallest absolute Gasteiger partial charge is 0.462 e. The van der Waals surface area contributed by atoms with Crippen LogP contribution in [0.5, 0.6) is 0 Å². The molecule has 784 valence electrons. The van der Waals surface area contributed by atoms with E-state index in [0.717, 1.165) is 218 Å². The highest BCUT2D eigenvalue weighted by atomic mass is 31.2. The molecule has 31 heteroatoms. The van der Waals surface area contributed by atoms with Gasteiger partial charge in [-0.15, -0.1) is 0 Å². The molecule has 0 aromatic rings. The number of hydrogen-bond donors (Lipinski definition) is 12. The molecule has 0 spiro atoms. The molecule has 2 aliphatic rings. The summed E-state index contributed by atoms with van der Waals surface area (Å²) in [7, 11) is -10.6. The van der Waals surface area contributed by atoms with Crippen LogP contribution in [-0.2, 0) is 79.7 Å². The van der Waals surface area contributed by atoms with Crippen LogP contribution >= 0.6 is 15.6 Å². The molecule has 0 aromatic carbocycles. The first kappa shape index (κ1) is 126. The third kappa shape index (κ3) is 66.9. The molecule has 4 amide bonds. The third-order valence-corrected chi connectivity index (χ3v) is 28.0. The first-order valence-electron chi connectivity index (χ1n) is 54.3. The summed E-state index contributed by atoms with van der Waals surface area (Å²) in [5, 5.41) is 58.3. The van der Waals surface area contributed by atoms with E-state index in [-0.39, 0.29) is 38.5 Å². The molecule has 0 aliphatic carbocycles. The Morgan fingerprint density at radius 1 is 0.331 bits per heavy atom. The van der Waals surface area contributed by atoms with Gasteiger partial charge in [0.25, 0.3) is 0 Å². The number of rotatable bonds is 94. The molecule has 0 saturated carbocycles. The summed E-state index contributed by atoms with van der Waals surface area (Å²) in [6.45, 7) is 9.51. The largest absolute Gasteiger partial charge is 0.475 e. The zero-order chi connectivity index (χ0) is 97.5. The predicted molar refractivity (Wildman–Crippen MR) is 528 cm³/mol. The Kier molecular flexibility index (Phi) is 79.8. The lowest BCUT2D eigenvalue weighted by Gasteiger charge is -2.48. The van der Waals surface area contributed by atoms with Crippen LogP contribution in [0.1, 0.15) is 504 Å². The van der Waals surface area contributed by atoms with E-state index >= 15 is 9.59 Å². The lowest BCUT2D eigenvalue weighted by atomic mass is 9.92. The number of carbonyl (C=O) groups excluding carboxylic acids is 6. The van der Waals surface area contributed by atoms with E-state index in [4.69, 9.17) is 53.2 Å². The molecule has 29 nitrogen and oxygen atoms in total. The van der Waals surface area contributed by atoms with Crippen LogP contribution in [0.3, 0.4) is 0 Å². The van der Waals surface area contributed by atoms with Crippen LogP contribution in [-0.4, -0.2) is 178 Å². The summed E-state index contributed by atoms with van der Waals surface area (Å²) in [6, 6.07) is -7.06. The second kappa shape index (κ2) is 84.4. The van der Waals surface area contributed by atoms with Gasteiger partial charge < -0.3 is 86.6 Å². The highest BCUT2D eigenvalue weighted by Gasteiger charge is 2.54. The van der Waals surface area contributed by atoms with Crippen LogP contribution in [0.4, 0.5) is 0 Å². The molecule has 0 radical (unpaired) electrons. The van der Waals surface area contributed by atoms with Gasteiger partial charge in [0.2, 0.25) is 23.6 Å². The second-order valence-corrected chi connectivity index (χ2v) is 41.3. The number of amides is 4. The Hall–Kier alpha value is -3.32. The molecule has 2 fully saturated rings. The number of ether oxygens (including phenoxy) is 5. The average molecular weight is 1940 g/mol. The number of nitrogens with one attached hydrogen (secondary N) is 4. The van der Waals surface area contributed by atoms with Gasteiger partial charge in [0.1, 0.15) is 62.2 Å². The summed E-state index contributed by atoms with van der Waals surface area (Å²) < 4.78 is 81.6. The molecule has 133 heavy (non-hydrogen) atoms. The molecule has 2 aliphatic heterocycles. The third-order valence-electron chi connectivity index (χ3n) is 26.1. The van der Waals surface area contributed by atoms with Gasteiger partial charge in [-0.2, -0.15) is 0 Å². The van der Waals surface area contributed by atoms with Crippen LogP contribution in [0.15, 0.2) is 0 Å². The van der Waals surface area contributed by atoms with Crippen LogP contribution in [0, 0.1) is 0 Å². The first-order valence-corrected chi connectivity index (χ1v) is 57.3. The maximum absolute atomic E-state index is 15.5. The maximum atomic E-state index is 15.5. The fraction of sp³-hybridized carbons (Fsp3) is 0.941. The van der Waals surface area contributed by atoms with Gasteiger partial charge in [0, 0.05) is 12.8 Å². The van der Waals surface area contributed by atoms with E-state index in [1.165, 1.54) is 141 Å². The predicted octanol–water partition coefficient (Wildman–Crippen LogP) is 22.0. The first-order chi connectivity index (χ1) is 64.4. The molecule has 2 saturated heterocycles. The zero-order valence-corrected chi connectivity index (χ0v) is 86.3. The molecule has 16 atom stereocenters. The number of esters is 2. The molecule has 2 unspecified atom stereocenters. The summed E-state index contributed by atoms with van der Waals surface area (Å²) in [6.07, 6.45) is 48.5. The molecular weight excluding hydrogens is 1740 g/mol. The Morgan fingerprint density at radius 3 is 0.895 bits per heavy atom. The van der Waals surface area contributed by atoms with Crippen molar-refractivity contribution in [1.82, 2.24) is 21.3 Å².